The molecule has 108 valence electrons. The molecule has 20 heavy (non-hydrogen) atoms. The zero-order valence-corrected chi connectivity index (χ0v) is 12.1. The van der Waals surface area contributed by atoms with E-state index in [0.717, 1.165) is 11.4 Å². The molecule has 1 fully saturated rings. The quantitative estimate of drug-likeness (QED) is 0.821. The largest absolute Gasteiger partial charge is 0.394 e. The van der Waals surface area contributed by atoms with Crippen molar-refractivity contribution >= 4 is 23.2 Å². The second kappa shape index (κ2) is 5.16. The van der Waals surface area contributed by atoms with E-state index in [0.29, 0.717) is 24.1 Å². The molecule has 0 amide bonds. The van der Waals surface area contributed by atoms with Gasteiger partial charge in [0.2, 0.25) is 0 Å². The Labute approximate surface area is 121 Å². The van der Waals surface area contributed by atoms with Gasteiger partial charge in [-0.05, 0) is 13.8 Å². The van der Waals surface area contributed by atoms with E-state index >= 15 is 0 Å². The lowest BCUT2D eigenvalue weighted by atomic mass is 10.2. The fraction of sp³-hybridized carbons (Fsp3) is 0.583. The van der Waals surface area contributed by atoms with Crippen LogP contribution in [0.3, 0.4) is 0 Å². The van der Waals surface area contributed by atoms with Crippen LogP contribution in [-0.2, 0) is 4.74 Å². The van der Waals surface area contributed by atoms with Crippen LogP contribution in [0.5, 0.6) is 0 Å². The van der Waals surface area contributed by atoms with Crippen molar-refractivity contribution in [3.05, 3.63) is 17.0 Å². The molecule has 0 aromatic carbocycles. The molecule has 1 N–H and O–H groups in total. The molecular weight excluding hydrogens is 282 g/mol. The lowest BCUT2D eigenvalue weighted by Crippen LogP contribution is -2.50. The van der Waals surface area contributed by atoms with Crippen LogP contribution in [0, 0.1) is 6.92 Å². The van der Waals surface area contributed by atoms with Crippen LogP contribution >= 0.6 is 11.6 Å². The van der Waals surface area contributed by atoms with Gasteiger partial charge in [0.1, 0.15) is 17.3 Å². The van der Waals surface area contributed by atoms with Gasteiger partial charge >= 0.3 is 0 Å². The molecule has 3 heterocycles. The van der Waals surface area contributed by atoms with E-state index in [-0.39, 0.29) is 18.8 Å². The fourth-order valence-electron chi connectivity index (χ4n) is 2.44. The second-order valence-electron chi connectivity index (χ2n) is 4.96. The minimum atomic E-state index is -0.212. The number of halogens is 1. The highest BCUT2D eigenvalue weighted by Crippen LogP contribution is 2.29. The van der Waals surface area contributed by atoms with Gasteiger partial charge in [-0.2, -0.15) is 19.6 Å². The minimum absolute atomic E-state index is 0.0123. The van der Waals surface area contributed by atoms with Crippen molar-refractivity contribution in [1.29, 1.82) is 0 Å². The Hall–Kier alpha value is -1.44. The Balaban J connectivity index is 2.12. The molecule has 1 saturated heterocycles. The summed E-state index contributed by atoms with van der Waals surface area (Å²) in [6, 6.07) is 0.155. The SMILES string of the molecule is Cc1c(Cl)nc2ncnn2c1N1CC(CO)OCC1C. The first-order valence-corrected chi connectivity index (χ1v) is 6.84. The highest BCUT2D eigenvalue weighted by molar-refractivity contribution is 6.30. The second-order valence-corrected chi connectivity index (χ2v) is 5.32. The zero-order valence-electron chi connectivity index (χ0n) is 11.3. The van der Waals surface area contributed by atoms with Crippen LogP contribution in [-0.4, -0.2) is 56.6 Å². The van der Waals surface area contributed by atoms with Crippen molar-refractivity contribution in [2.75, 3.05) is 24.7 Å². The number of morpholine rings is 1. The number of hydrogen-bond acceptors (Lipinski definition) is 6. The van der Waals surface area contributed by atoms with Crippen molar-refractivity contribution in [3.63, 3.8) is 0 Å². The Kier molecular flexibility index (Phi) is 3.49. The van der Waals surface area contributed by atoms with Crippen LogP contribution in [0.25, 0.3) is 5.78 Å². The Morgan fingerprint density at radius 1 is 1.55 bits per heavy atom. The summed E-state index contributed by atoms with van der Waals surface area (Å²) in [4.78, 5) is 10.4. The van der Waals surface area contributed by atoms with Gasteiger partial charge < -0.3 is 14.7 Å². The van der Waals surface area contributed by atoms with Crippen LogP contribution in [0.2, 0.25) is 5.15 Å². The third-order valence-corrected chi connectivity index (χ3v) is 3.92. The molecule has 0 bridgehead atoms. The van der Waals surface area contributed by atoms with Crippen molar-refractivity contribution < 1.29 is 9.84 Å². The van der Waals surface area contributed by atoms with E-state index in [1.807, 2.05) is 6.92 Å². The van der Waals surface area contributed by atoms with E-state index in [4.69, 9.17) is 16.3 Å². The number of anilines is 1. The predicted molar refractivity (Wildman–Crippen MR) is 74.2 cm³/mol. The molecule has 7 nitrogen and oxygen atoms in total. The van der Waals surface area contributed by atoms with Crippen LogP contribution < -0.4 is 4.90 Å². The molecule has 2 atom stereocenters. The summed E-state index contributed by atoms with van der Waals surface area (Å²) < 4.78 is 7.25. The lowest BCUT2D eigenvalue weighted by molar-refractivity contribution is -0.0107. The summed E-state index contributed by atoms with van der Waals surface area (Å²) in [6.07, 6.45) is 1.24. The van der Waals surface area contributed by atoms with Gasteiger partial charge in [0.15, 0.2) is 0 Å². The lowest BCUT2D eigenvalue weighted by Gasteiger charge is -2.39. The van der Waals surface area contributed by atoms with E-state index in [1.165, 1.54) is 6.33 Å². The Morgan fingerprint density at radius 3 is 3.10 bits per heavy atom. The van der Waals surface area contributed by atoms with Gasteiger partial charge in [-0.1, -0.05) is 11.6 Å². The van der Waals surface area contributed by atoms with Gasteiger partial charge in [-0.3, -0.25) is 0 Å². The number of fused-ring (bicyclic) bond motifs is 1. The number of hydrogen-bond donors (Lipinski definition) is 1. The monoisotopic (exact) mass is 297 g/mol. The normalized spacial score (nSPS) is 23.5. The average molecular weight is 298 g/mol. The zero-order chi connectivity index (χ0) is 14.3. The average Bonchev–Trinajstić information content (AvgIpc) is 2.89. The van der Waals surface area contributed by atoms with Crippen LogP contribution in [0.4, 0.5) is 5.82 Å². The van der Waals surface area contributed by atoms with Crippen molar-refractivity contribution in [2.24, 2.45) is 0 Å². The first kappa shape index (κ1) is 13.5. The standard InChI is InChI=1S/C12H16ClN5O2/c1-7-5-20-9(4-19)3-17(7)11-8(2)10(13)16-12-14-6-15-18(11)12/h6-7,9,19H,3-5H2,1-2H3. The summed E-state index contributed by atoms with van der Waals surface area (Å²) >= 11 is 6.19. The minimum Gasteiger partial charge on any atom is -0.394 e. The van der Waals surface area contributed by atoms with Gasteiger partial charge in [0.05, 0.1) is 25.4 Å². The first-order valence-electron chi connectivity index (χ1n) is 6.46. The van der Waals surface area contributed by atoms with Gasteiger partial charge in [-0.15, -0.1) is 0 Å². The van der Waals surface area contributed by atoms with Crippen molar-refractivity contribution in [1.82, 2.24) is 19.6 Å². The van der Waals surface area contributed by atoms with E-state index < -0.39 is 0 Å². The molecular formula is C12H16ClN5O2. The molecule has 2 unspecified atom stereocenters. The van der Waals surface area contributed by atoms with Gasteiger partial charge in [0.25, 0.3) is 5.78 Å². The Bertz CT molecular complexity index is 632. The topological polar surface area (TPSA) is 75.8 Å². The molecule has 1 aliphatic heterocycles. The third kappa shape index (κ3) is 2.11. The van der Waals surface area contributed by atoms with E-state index in [9.17, 15) is 5.11 Å². The molecule has 8 heteroatoms. The van der Waals surface area contributed by atoms with Gasteiger partial charge in [-0.25, -0.2) is 0 Å². The summed E-state index contributed by atoms with van der Waals surface area (Å²) in [5.41, 5.74) is 0.843. The van der Waals surface area contributed by atoms with E-state index in [1.54, 1.807) is 4.52 Å². The number of rotatable bonds is 2. The molecule has 1 aliphatic rings. The summed E-state index contributed by atoms with van der Waals surface area (Å²) in [5.74, 6) is 1.32. The predicted octanol–water partition coefficient (Wildman–Crippen LogP) is 0.672. The highest BCUT2D eigenvalue weighted by atomic mass is 35.5. The highest BCUT2D eigenvalue weighted by Gasteiger charge is 2.29. The molecule has 0 aliphatic carbocycles. The fourth-order valence-corrected chi connectivity index (χ4v) is 2.60. The summed E-state index contributed by atoms with van der Waals surface area (Å²) in [5, 5.41) is 14.0. The van der Waals surface area contributed by atoms with Crippen LogP contribution in [0.15, 0.2) is 6.33 Å². The molecule has 2 aromatic heterocycles. The maximum Gasteiger partial charge on any atom is 0.255 e. The molecule has 3 rings (SSSR count). The molecule has 2 aromatic rings. The van der Waals surface area contributed by atoms with Crippen molar-refractivity contribution in [3.8, 4) is 0 Å². The van der Waals surface area contributed by atoms with E-state index in [2.05, 4.69) is 26.9 Å². The number of aromatic nitrogens is 4. The smallest absolute Gasteiger partial charge is 0.255 e. The summed E-state index contributed by atoms with van der Waals surface area (Å²) in [6.45, 7) is 5.07. The number of aliphatic hydroxyl groups is 1. The molecule has 0 spiro atoms. The maximum absolute atomic E-state index is 9.31. The number of aliphatic hydroxyl groups excluding tert-OH is 1. The number of ether oxygens (including phenoxy) is 1. The van der Waals surface area contributed by atoms with Gasteiger partial charge in [0, 0.05) is 12.1 Å². The maximum atomic E-state index is 9.31. The first-order chi connectivity index (χ1) is 9.61. The molecule has 0 saturated carbocycles. The van der Waals surface area contributed by atoms with Crippen LogP contribution in [0.1, 0.15) is 12.5 Å². The number of nitrogens with zero attached hydrogens (tertiary/aromatic N) is 5. The molecule has 0 radical (unpaired) electrons. The summed E-state index contributed by atoms with van der Waals surface area (Å²) in [7, 11) is 0. The third-order valence-electron chi connectivity index (χ3n) is 3.55. The Morgan fingerprint density at radius 2 is 2.35 bits per heavy atom. The van der Waals surface area contributed by atoms with Crippen molar-refractivity contribution in [2.45, 2.75) is 26.0 Å².